The van der Waals surface area contributed by atoms with Crippen molar-refractivity contribution in [2.24, 2.45) is 0 Å². The average molecular weight is 426 g/mol. The summed E-state index contributed by atoms with van der Waals surface area (Å²) in [5.74, 6) is 1.53. The van der Waals surface area contributed by atoms with Crippen LogP contribution in [-0.4, -0.2) is 37.6 Å². The van der Waals surface area contributed by atoms with Crippen LogP contribution in [-0.2, 0) is 24.2 Å². The van der Waals surface area contributed by atoms with E-state index in [-0.39, 0.29) is 5.91 Å². The molecule has 6 nitrogen and oxygen atoms in total. The van der Waals surface area contributed by atoms with E-state index in [4.69, 9.17) is 9.47 Å². The minimum absolute atomic E-state index is 0.0445. The van der Waals surface area contributed by atoms with Crippen molar-refractivity contribution in [2.45, 2.75) is 45.1 Å². The van der Waals surface area contributed by atoms with E-state index in [9.17, 15) is 10.1 Å². The number of benzene rings is 1. The van der Waals surface area contributed by atoms with Crippen LogP contribution >= 0.6 is 11.3 Å². The van der Waals surface area contributed by atoms with Crippen molar-refractivity contribution in [1.29, 1.82) is 5.26 Å². The zero-order valence-electron chi connectivity index (χ0n) is 17.3. The number of aryl methyl sites for hydroxylation is 1. The van der Waals surface area contributed by atoms with E-state index >= 15 is 0 Å². The van der Waals surface area contributed by atoms with Crippen molar-refractivity contribution in [3.05, 3.63) is 39.8 Å². The number of nitriles is 1. The summed E-state index contributed by atoms with van der Waals surface area (Å²) in [6.07, 6.45) is 5.84. The molecule has 1 aliphatic carbocycles. The van der Waals surface area contributed by atoms with Crippen molar-refractivity contribution in [3.63, 3.8) is 0 Å². The lowest BCUT2D eigenvalue weighted by atomic mass is 10.1. The van der Waals surface area contributed by atoms with Crippen molar-refractivity contribution in [3.8, 4) is 17.6 Å². The van der Waals surface area contributed by atoms with Crippen molar-refractivity contribution >= 4 is 22.2 Å². The maximum absolute atomic E-state index is 12.5. The molecule has 1 N–H and O–H groups in total. The van der Waals surface area contributed by atoms with Crippen molar-refractivity contribution in [2.75, 3.05) is 32.1 Å². The Bertz CT molecular complexity index is 963. The van der Waals surface area contributed by atoms with Gasteiger partial charge in [0.15, 0.2) is 11.5 Å². The van der Waals surface area contributed by atoms with Gasteiger partial charge in [-0.15, -0.1) is 11.3 Å². The zero-order chi connectivity index (χ0) is 20.9. The third-order valence-corrected chi connectivity index (χ3v) is 6.77. The van der Waals surface area contributed by atoms with Gasteiger partial charge in [0.1, 0.15) is 24.3 Å². The van der Waals surface area contributed by atoms with Crippen LogP contribution in [0, 0.1) is 11.3 Å². The quantitative estimate of drug-likeness (QED) is 0.705. The van der Waals surface area contributed by atoms with Crippen LogP contribution in [0.2, 0.25) is 0 Å². The Morgan fingerprint density at radius 3 is 2.83 bits per heavy atom. The molecular weight excluding hydrogens is 398 g/mol. The fourth-order valence-corrected chi connectivity index (χ4v) is 5.26. The number of nitrogens with one attached hydrogen (secondary N) is 1. The summed E-state index contributed by atoms with van der Waals surface area (Å²) in [4.78, 5) is 15.9. The number of carbonyl (C=O) groups excluding carboxylic acids is 1. The van der Waals surface area contributed by atoms with Crippen LogP contribution in [0.4, 0.5) is 5.00 Å². The van der Waals surface area contributed by atoms with Crippen LogP contribution in [0.3, 0.4) is 0 Å². The second-order valence-corrected chi connectivity index (χ2v) is 9.00. The van der Waals surface area contributed by atoms with E-state index in [1.165, 1.54) is 11.3 Å². The molecule has 0 atom stereocenters. The van der Waals surface area contributed by atoms with Gasteiger partial charge in [0.25, 0.3) is 0 Å². The first-order valence-corrected chi connectivity index (χ1v) is 11.4. The highest BCUT2D eigenvalue weighted by atomic mass is 32.1. The Hall–Kier alpha value is -2.56. The molecule has 1 aromatic carbocycles. The van der Waals surface area contributed by atoms with Crippen molar-refractivity contribution < 1.29 is 14.3 Å². The zero-order valence-corrected chi connectivity index (χ0v) is 18.1. The first-order chi connectivity index (χ1) is 14.6. The molecule has 2 aliphatic rings. The van der Waals surface area contributed by atoms with E-state index in [1.54, 1.807) is 11.3 Å². The largest absolute Gasteiger partial charge is 0.486 e. The van der Waals surface area contributed by atoms with E-state index in [0.29, 0.717) is 31.7 Å². The monoisotopic (exact) mass is 425 g/mol. The number of amides is 1. The molecular formula is C23H27N3O3S. The first kappa shape index (κ1) is 20.7. The number of nitrogens with zero attached hydrogens (tertiary/aromatic N) is 2. The van der Waals surface area contributed by atoms with E-state index in [1.807, 2.05) is 25.2 Å². The Morgan fingerprint density at radius 2 is 2.00 bits per heavy atom. The number of hydrogen-bond acceptors (Lipinski definition) is 6. The molecule has 0 saturated heterocycles. The second kappa shape index (κ2) is 9.50. The average Bonchev–Trinajstić information content (AvgIpc) is 2.91. The van der Waals surface area contributed by atoms with Gasteiger partial charge in [0, 0.05) is 24.4 Å². The number of hydrogen-bond donors (Lipinski definition) is 1. The lowest BCUT2D eigenvalue weighted by Gasteiger charge is -2.21. The SMILES string of the molecule is CN(CCC(=O)Nc1sc2c(c1C#N)CCCCC2)Cc1ccc2c(c1)OCCO2. The summed E-state index contributed by atoms with van der Waals surface area (Å²) in [7, 11) is 2.00. The van der Waals surface area contributed by atoms with Crippen LogP contribution < -0.4 is 14.8 Å². The lowest BCUT2D eigenvalue weighted by Crippen LogP contribution is -2.24. The normalized spacial score (nSPS) is 15.2. The van der Waals surface area contributed by atoms with Gasteiger partial charge in [0.05, 0.1) is 5.56 Å². The number of rotatable bonds is 6. The third-order valence-electron chi connectivity index (χ3n) is 5.57. The van der Waals surface area contributed by atoms with Gasteiger partial charge >= 0.3 is 0 Å². The van der Waals surface area contributed by atoms with Gasteiger partial charge in [-0.1, -0.05) is 12.5 Å². The summed E-state index contributed by atoms with van der Waals surface area (Å²) >= 11 is 1.58. The molecule has 30 heavy (non-hydrogen) atoms. The predicted octanol–water partition coefficient (Wildman–Crippen LogP) is 4.12. The van der Waals surface area contributed by atoms with Crippen LogP contribution in [0.5, 0.6) is 11.5 Å². The van der Waals surface area contributed by atoms with Gasteiger partial charge in [-0.2, -0.15) is 5.26 Å². The number of anilines is 1. The minimum Gasteiger partial charge on any atom is -0.486 e. The number of thiophene rings is 1. The molecule has 0 fully saturated rings. The lowest BCUT2D eigenvalue weighted by molar-refractivity contribution is -0.116. The predicted molar refractivity (Wildman–Crippen MR) is 117 cm³/mol. The first-order valence-electron chi connectivity index (χ1n) is 10.6. The number of carbonyl (C=O) groups is 1. The van der Waals surface area contributed by atoms with Gasteiger partial charge in [0.2, 0.25) is 5.91 Å². The van der Waals surface area contributed by atoms with Crippen LogP contribution in [0.15, 0.2) is 18.2 Å². The molecule has 158 valence electrons. The second-order valence-electron chi connectivity index (χ2n) is 7.89. The third kappa shape index (κ3) is 4.77. The summed E-state index contributed by atoms with van der Waals surface area (Å²) in [5, 5.41) is 13.3. The molecule has 4 rings (SSSR count). The molecule has 0 unspecified atom stereocenters. The Labute approximate surface area is 181 Å². The molecule has 1 aliphatic heterocycles. The Morgan fingerprint density at radius 1 is 1.20 bits per heavy atom. The van der Waals surface area contributed by atoms with E-state index in [2.05, 4.69) is 16.3 Å². The maximum Gasteiger partial charge on any atom is 0.226 e. The fraction of sp³-hybridized carbons (Fsp3) is 0.478. The Balaban J connectivity index is 1.31. The van der Waals surface area contributed by atoms with Gasteiger partial charge in [-0.3, -0.25) is 4.79 Å². The minimum atomic E-state index is -0.0445. The molecule has 7 heteroatoms. The Kier molecular flexibility index (Phi) is 6.56. The smallest absolute Gasteiger partial charge is 0.226 e. The van der Waals surface area contributed by atoms with Crippen molar-refractivity contribution in [1.82, 2.24) is 4.90 Å². The molecule has 2 aromatic rings. The molecule has 0 bridgehead atoms. The molecule has 0 spiro atoms. The standard InChI is InChI=1S/C23H27N3O3S/c1-26(15-16-7-8-19-20(13-16)29-12-11-28-19)10-9-22(27)25-23-18(14-24)17-5-3-2-4-6-21(17)30-23/h7-8,13H,2-6,9-12,15H2,1H3,(H,25,27). The molecule has 2 heterocycles. The topological polar surface area (TPSA) is 74.6 Å². The molecule has 0 saturated carbocycles. The summed E-state index contributed by atoms with van der Waals surface area (Å²) < 4.78 is 11.2. The number of ether oxygens (including phenoxy) is 2. The van der Waals surface area contributed by atoms with E-state index < -0.39 is 0 Å². The van der Waals surface area contributed by atoms with Gasteiger partial charge in [-0.25, -0.2) is 0 Å². The molecule has 1 amide bonds. The van der Waals surface area contributed by atoms with Crippen LogP contribution in [0.25, 0.3) is 0 Å². The van der Waals surface area contributed by atoms with Gasteiger partial charge < -0.3 is 19.7 Å². The van der Waals surface area contributed by atoms with E-state index in [0.717, 1.165) is 59.9 Å². The van der Waals surface area contributed by atoms with Gasteiger partial charge in [-0.05, 0) is 56.0 Å². The highest BCUT2D eigenvalue weighted by molar-refractivity contribution is 7.16. The highest BCUT2D eigenvalue weighted by Crippen LogP contribution is 2.37. The summed E-state index contributed by atoms with van der Waals surface area (Å²) in [6, 6.07) is 8.29. The summed E-state index contributed by atoms with van der Waals surface area (Å²) in [5.41, 5.74) is 2.96. The maximum atomic E-state index is 12.5. The fourth-order valence-electron chi connectivity index (χ4n) is 4.01. The molecule has 0 radical (unpaired) electrons. The highest BCUT2D eigenvalue weighted by Gasteiger charge is 2.21. The number of fused-ring (bicyclic) bond motifs is 2. The van der Waals surface area contributed by atoms with Crippen LogP contribution in [0.1, 0.15) is 47.3 Å². The molecule has 1 aromatic heterocycles. The summed E-state index contributed by atoms with van der Waals surface area (Å²) in [6.45, 7) is 2.51.